The average Bonchev–Trinajstić information content (AvgIpc) is 3.61. The Hall–Kier alpha value is -5.78. The van der Waals surface area contributed by atoms with Crippen LogP contribution in [-0.4, -0.2) is 43.8 Å². The van der Waals surface area contributed by atoms with Crippen LogP contribution in [0.1, 0.15) is 38.6 Å². The van der Waals surface area contributed by atoms with Crippen molar-refractivity contribution in [1.29, 1.82) is 0 Å². The van der Waals surface area contributed by atoms with Crippen LogP contribution in [-0.2, 0) is 24.5 Å². The molecule has 3 aromatic carbocycles. The van der Waals surface area contributed by atoms with Crippen molar-refractivity contribution in [3.05, 3.63) is 141 Å². The van der Waals surface area contributed by atoms with Gasteiger partial charge in [0.1, 0.15) is 18.1 Å². The number of benzene rings is 3. The molecular formula is C37H32Cl2N8O3. The Labute approximate surface area is 298 Å². The second kappa shape index (κ2) is 15.6. The largest absolute Gasteiger partial charge is 0.487 e. The number of amides is 2. The topological polar surface area (TPSA) is 136 Å². The van der Waals surface area contributed by atoms with Gasteiger partial charge in [-0.2, -0.15) is 0 Å². The Morgan fingerprint density at radius 1 is 0.960 bits per heavy atom. The minimum atomic E-state index is -0.308. The summed E-state index contributed by atoms with van der Waals surface area (Å²) in [4.78, 5) is 33.3. The molecule has 0 aliphatic carbocycles. The maximum atomic E-state index is 12.4. The number of halogens is 2. The number of carbonyl (C=O) groups is 2. The number of fused-ring (bicyclic) bond motifs is 1. The monoisotopic (exact) mass is 706 g/mol. The summed E-state index contributed by atoms with van der Waals surface area (Å²) in [5, 5.41) is 19.0. The van der Waals surface area contributed by atoms with Crippen LogP contribution in [0.15, 0.2) is 97.3 Å². The first-order chi connectivity index (χ1) is 24.3. The number of nitrogens with zero attached hydrogens (tertiary/aromatic N) is 5. The maximum absolute atomic E-state index is 12.4. The van der Waals surface area contributed by atoms with E-state index in [1.165, 1.54) is 6.08 Å². The van der Waals surface area contributed by atoms with Crippen LogP contribution in [0.4, 0.5) is 5.69 Å². The van der Waals surface area contributed by atoms with E-state index in [4.69, 9.17) is 32.9 Å². The van der Waals surface area contributed by atoms with Gasteiger partial charge in [0, 0.05) is 59.2 Å². The van der Waals surface area contributed by atoms with Crippen molar-refractivity contribution >= 4 is 57.7 Å². The number of anilines is 1. The molecule has 0 saturated carbocycles. The fourth-order valence-electron chi connectivity index (χ4n) is 5.14. The van der Waals surface area contributed by atoms with E-state index in [1.807, 2.05) is 49.4 Å². The van der Waals surface area contributed by atoms with Crippen LogP contribution in [0.2, 0.25) is 10.0 Å². The number of hydrogen-bond acceptors (Lipinski definition) is 8. The molecule has 0 radical (unpaired) electrons. The third-order valence-electron chi connectivity index (χ3n) is 7.71. The number of pyridine rings is 2. The van der Waals surface area contributed by atoms with E-state index in [0.717, 1.165) is 33.5 Å². The predicted octanol–water partition coefficient (Wildman–Crippen LogP) is 6.71. The van der Waals surface area contributed by atoms with Crippen LogP contribution in [0.25, 0.3) is 22.7 Å². The lowest BCUT2D eigenvalue weighted by molar-refractivity contribution is -0.116. The highest BCUT2D eigenvalue weighted by Gasteiger charge is 2.16. The van der Waals surface area contributed by atoms with Crippen LogP contribution in [0, 0.1) is 6.92 Å². The van der Waals surface area contributed by atoms with Crippen LogP contribution >= 0.6 is 23.2 Å². The molecule has 0 atom stereocenters. The molecule has 6 aromatic rings. The molecule has 6 rings (SSSR count). The van der Waals surface area contributed by atoms with Crippen LogP contribution in [0.5, 0.6) is 5.75 Å². The highest BCUT2D eigenvalue weighted by molar-refractivity contribution is 6.37. The fourth-order valence-corrected chi connectivity index (χ4v) is 5.73. The van der Waals surface area contributed by atoms with E-state index in [1.54, 1.807) is 66.6 Å². The molecule has 0 spiro atoms. The first-order valence-corrected chi connectivity index (χ1v) is 16.4. The van der Waals surface area contributed by atoms with Gasteiger partial charge in [-0.25, -0.2) is 4.68 Å². The zero-order valence-electron chi connectivity index (χ0n) is 27.2. The van der Waals surface area contributed by atoms with Gasteiger partial charge in [-0.3, -0.25) is 19.6 Å². The number of ether oxygens (including phenoxy) is 1. The number of carbonyl (C=O) groups excluding carboxylic acids is 2. The summed E-state index contributed by atoms with van der Waals surface area (Å²) >= 11 is 13.5. The molecule has 50 heavy (non-hydrogen) atoms. The van der Waals surface area contributed by atoms with Gasteiger partial charge in [0.25, 0.3) is 5.91 Å². The van der Waals surface area contributed by atoms with E-state index < -0.39 is 0 Å². The number of rotatable bonds is 12. The zero-order valence-corrected chi connectivity index (χ0v) is 28.7. The molecular weight excluding hydrogens is 675 g/mol. The standard InChI is InChI=1S/C37H32Cl2N8O3/c1-23-18-33(50-22-26-6-3-4-17-41-26)28-7-5-8-31(36(28)44-23)42-20-29-30(38)14-15-32(35(29)39)47-21-27(45-46-47)19-43-34(48)16-11-24-9-12-25(13-10-24)37(49)40-2/h3-18,21,42H,19-20,22H2,1-2H3,(H,40,49)(H,43,48)/b16-11+. The fraction of sp³-hybridized carbons (Fsp3) is 0.135. The van der Waals surface area contributed by atoms with Crippen molar-refractivity contribution in [3.8, 4) is 11.4 Å². The number of hydrogen-bond donors (Lipinski definition) is 3. The molecule has 3 aromatic heterocycles. The summed E-state index contributed by atoms with van der Waals surface area (Å²) < 4.78 is 7.70. The molecule has 0 aliphatic rings. The van der Waals surface area contributed by atoms with E-state index in [-0.39, 0.29) is 18.4 Å². The first kappa shape index (κ1) is 34.1. The van der Waals surface area contributed by atoms with Crippen molar-refractivity contribution in [3.63, 3.8) is 0 Å². The third kappa shape index (κ3) is 8.08. The van der Waals surface area contributed by atoms with Gasteiger partial charge >= 0.3 is 0 Å². The molecule has 0 unspecified atom stereocenters. The molecule has 3 N–H and O–H groups in total. The summed E-state index contributed by atoms with van der Waals surface area (Å²) in [6, 6.07) is 23.9. The molecule has 0 fully saturated rings. The van der Waals surface area contributed by atoms with E-state index in [9.17, 15) is 9.59 Å². The highest BCUT2D eigenvalue weighted by atomic mass is 35.5. The molecule has 2 amide bonds. The van der Waals surface area contributed by atoms with Crippen molar-refractivity contribution < 1.29 is 14.3 Å². The van der Waals surface area contributed by atoms with Crippen molar-refractivity contribution in [2.45, 2.75) is 26.6 Å². The van der Waals surface area contributed by atoms with Gasteiger partial charge in [-0.15, -0.1) is 5.10 Å². The Bertz CT molecular complexity index is 2190. The first-order valence-electron chi connectivity index (χ1n) is 15.6. The smallest absolute Gasteiger partial charge is 0.251 e. The molecule has 252 valence electrons. The minimum Gasteiger partial charge on any atom is -0.487 e. The number of aromatic nitrogens is 5. The lowest BCUT2D eigenvalue weighted by Crippen LogP contribution is -2.20. The maximum Gasteiger partial charge on any atom is 0.251 e. The van der Waals surface area contributed by atoms with E-state index in [2.05, 4.69) is 31.2 Å². The molecule has 13 heteroatoms. The molecule has 0 aliphatic heterocycles. The van der Waals surface area contributed by atoms with Crippen LogP contribution < -0.4 is 20.7 Å². The molecule has 0 bridgehead atoms. The third-order valence-corrected chi connectivity index (χ3v) is 8.49. The SMILES string of the molecule is CNC(=O)c1ccc(/C=C/C(=O)NCc2cn(-c3ccc(Cl)c(CNc4cccc5c(OCc6ccccn6)cc(C)nc45)c3Cl)nn2)cc1. The number of para-hydroxylation sites is 1. The Kier molecular flexibility index (Phi) is 10.7. The quantitative estimate of drug-likeness (QED) is 0.120. The Balaban J connectivity index is 1.12. The summed E-state index contributed by atoms with van der Waals surface area (Å²) in [6.45, 7) is 2.72. The van der Waals surface area contributed by atoms with Crippen molar-refractivity contribution in [2.24, 2.45) is 0 Å². The normalized spacial score (nSPS) is 11.1. The van der Waals surface area contributed by atoms with Gasteiger partial charge in [-0.05, 0) is 67.1 Å². The second-order valence-electron chi connectivity index (χ2n) is 11.2. The van der Waals surface area contributed by atoms with Crippen molar-refractivity contribution in [1.82, 2.24) is 35.6 Å². The Morgan fingerprint density at radius 2 is 1.80 bits per heavy atom. The second-order valence-corrected chi connectivity index (χ2v) is 12.0. The van der Waals surface area contributed by atoms with Gasteiger partial charge in [-0.1, -0.05) is 52.7 Å². The van der Waals surface area contributed by atoms with Gasteiger partial charge in [0.2, 0.25) is 5.91 Å². The molecule has 0 saturated heterocycles. The number of aryl methyl sites for hydroxylation is 1. The van der Waals surface area contributed by atoms with Crippen LogP contribution in [0.3, 0.4) is 0 Å². The Morgan fingerprint density at radius 3 is 2.58 bits per heavy atom. The van der Waals surface area contributed by atoms with E-state index >= 15 is 0 Å². The highest BCUT2D eigenvalue weighted by Crippen LogP contribution is 2.34. The van der Waals surface area contributed by atoms with Gasteiger partial charge in [0.05, 0.1) is 40.3 Å². The van der Waals surface area contributed by atoms with Gasteiger partial charge < -0.3 is 20.7 Å². The van der Waals surface area contributed by atoms with Gasteiger partial charge in [0.15, 0.2) is 0 Å². The molecule has 3 heterocycles. The molecule has 11 nitrogen and oxygen atoms in total. The lowest BCUT2D eigenvalue weighted by atomic mass is 10.1. The minimum absolute atomic E-state index is 0.152. The predicted molar refractivity (Wildman–Crippen MR) is 194 cm³/mol. The summed E-state index contributed by atoms with van der Waals surface area (Å²) in [6.07, 6.45) is 6.51. The summed E-state index contributed by atoms with van der Waals surface area (Å²) in [5.41, 5.74) is 6.28. The summed E-state index contributed by atoms with van der Waals surface area (Å²) in [5.74, 6) is 0.228. The zero-order chi connectivity index (χ0) is 35.0. The van der Waals surface area contributed by atoms with E-state index in [0.29, 0.717) is 51.5 Å². The lowest BCUT2D eigenvalue weighted by Gasteiger charge is -2.16. The average molecular weight is 708 g/mol. The summed E-state index contributed by atoms with van der Waals surface area (Å²) in [7, 11) is 1.57. The van der Waals surface area contributed by atoms with Crippen molar-refractivity contribution in [2.75, 3.05) is 12.4 Å². The number of nitrogens with one attached hydrogen (secondary N) is 3.